The molecule has 2 aromatic heterocycles. The van der Waals surface area contributed by atoms with Crippen LogP contribution in [-0.4, -0.2) is 43.3 Å². The monoisotopic (exact) mass is 321 g/mol. The maximum atomic E-state index is 11.8. The lowest BCUT2D eigenvalue weighted by atomic mass is 10.2. The minimum absolute atomic E-state index is 0.0193. The van der Waals surface area contributed by atoms with Gasteiger partial charge in [0.2, 0.25) is 5.95 Å². The summed E-state index contributed by atoms with van der Waals surface area (Å²) >= 11 is 0. The predicted octanol–water partition coefficient (Wildman–Crippen LogP) is 0.991. The van der Waals surface area contributed by atoms with Gasteiger partial charge in [-0.25, -0.2) is 14.6 Å². The van der Waals surface area contributed by atoms with E-state index in [9.17, 15) is 14.7 Å². The topological polar surface area (TPSA) is 132 Å². The highest BCUT2D eigenvalue weighted by atomic mass is 16.6. The number of nitrogens with one attached hydrogen (secondary N) is 1. The molecule has 0 fully saturated rings. The number of carbonyl (C=O) groups is 2. The molecule has 0 aromatic carbocycles. The van der Waals surface area contributed by atoms with Gasteiger partial charge in [0, 0.05) is 17.8 Å². The summed E-state index contributed by atoms with van der Waals surface area (Å²) in [4.78, 5) is 31.1. The maximum absolute atomic E-state index is 11.8. The molecular weight excluding hydrogens is 302 g/mol. The van der Waals surface area contributed by atoms with Crippen LogP contribution in [0.3, 0.4) is 0 Å². The number of alkyl carbamates (subject to hydrolysis) is 1. The molecule has 0 saturated heterocycles. The van der Waals surface area contributed by atoms with Crippen molar-refractivity contribution in [2.24, 2.45) is 0 Å². The zero-order valence-corrected chi connectivity index (χ0v) is 13.1. The van der Waals surface area contributed by atoms with Crippen LogP contribution in [0, 0.1) is 0 Å². The number of nitrogens with two attached hydrogens (primary N) is 1. The number of anilines is 1. The van der Waals surface area contributed by atoms with E-state index in [-0.39, 0.29) is 12.5 Å². The number of nitrogens with zero attached hydrogens (tertiary/aromatic N) is 3. The van der Waals surface area contributed by atoms with E-state index in [1.165, 1.54) is 0 Å². The summed E-state index contributed by atoms with van der Waals surface area (Å²) in [6.07, 6.45) is 2.41. The average molecular weight is 321 g/mol. The van der Waals surface area contributed by atoms with Crippen LogP contribution < -0.4 is 11.1 Å². The van der Waals surface area contributed by atoms with Gasteiger partial charge >= 0.3 is 12.1 Å². The zero-order valence-electron chi connectivity index (χ0n) is 13.1. The van der Waals surface area contributed by atoms with E-state index in [1.54, 1.807) is 43.8 Å². The second-order valence-corrected chi connectivity index (χ2v) is 6.01. The number of nitrogen functional groups attached to an aromatic ring is 1. The second-order valence-electron chi connectivity index (χ2n) is 6.01. The van der Waals surface area contributed by atoms with E-state index in [0.29, 0.717) is 5.65 Å². The molecule has 1 atom stereocenters. The molecule has 124 valence electrons. The zero-order chi connectivity index (χ0) is 17.2. The molecule has 0 radical (unpaired) electrons. The van der Waals surface area contributed by atoms with Gasteiger partial charge in [0.25, 0.3) is 0 Å². The third-order valence-electron chi connectivity index (χ3n) is 2.89. The number of aromatic nitrogens is 3. The van der Waals surface area contributed by atoms with Crippen molar-refractivity contribution in [2.45, 2.75) is 39.0 Å². The average Bonchev–Trinajstić information content (AvgIpc) is 2.78. The molecule has 1 unspecified atom stereocenters. The number of aliphatic carboxylic acids is 1. The largest absolute Gasteiger partial charge is 0.480 e. The minimum atomic E-state index is -1.18. The third-order valence-corrected chi connectivity index (χ3v) is 2.89. The Labute approximate surface area is 132 Å². The number of amides is 1. The number of rotatable bonds is 4. The van der Waals surface area contributed by atoms with Crippen molar-refractivity contribution >= 4 is 29.0 Å². The smallest absolute Gasteiger partial charge is 0.408 e. The number of carboxylic acids is 1. The molecule has 2 rings (SSSR count). The Hall–Kier alpha value is -2.84. The molecule has 2 heterocycles. The van der Waals surface area contributed by atoms with Crippen molar-refractivity contribution in [1.29, 1.82) is 0 Å². The fourth-order valence-corrected chi connectivity index (χ4v) is 1.96. The number of fused-ring (bicyclic) bond motifs is 1. The molecule has 2 aromatic rings. The normalized spacial score (nSPS) is 12.8. The van der Waals surface area contributed by atoms with Gasteiger partial charge in [-0.05, 0) is 26.8 Å². The lowest BCUT2D eigenvalue weighted by Gasteiger charge is -2.22. The molecule has 0 saturated carbocycles. The summed E-state index contributed by atoms with van der Waals surface area (Å²) in [7, 11) is 0. The Morgan fingerprint density at radius 2 is 2.17 bits per heavy atom. The van der Waals surface area contributed by atoms with Gasteiger partial charge in [-0.2, -0.15) is 4.98 Å². The van der Waals surface area contributed by atoms with E-state index in [2.05, 4.69) is 15.3 Å². The van der Waals surface area contributed by atoms with Gasteiger partial charge in [-0.1, -0.05) is 0 Å². The standard InChI is InChI=1S/C14H19N5O4/c1-14(2,3)23-13(22)17-9(11(20)21)7-19-5-4-8-6-16-12(15)18-10(8)19/h4-6,9H,7H2,1-3H3,(H,17,22)(H,20,21)(H2,15,16,18). The number of hydrogen-bond donors (Lipinski definition) is 3. The van der Waals surface area contributed by atoms with Crippen molar-refractivity contribution in [3.8, 4) is 0 Å². The van der Waals surface area contributed by atoms with Crippen molar-refractivity contribution in [2.75, 3.05) is 5.73 Å². The highest BCUT2D eigenvalue weighted by Gasteiger charge is 2.24. The molecular formula is C14H19N5O4. The molecule has 23 heavy (non-hydrogen) atoms. The molecule has 4 N–H and O–H groups in total. The first-order valence-corrected chi connectivity index (χ1v) is 6.95. The van der Waals surface area contributed by atoms with Crippen LogP contribution >= 0.6 is 0 Å². The van der Waals surface area contributed by atoms with Gasteiger partial charge in [-0.3, -0.25) is 0 Å². The molecule has 0 aliphatic heterocycles. The van der Waals surface area contributed by atoms with Crippen LogP contribution in [-0.2, 0) is 16.1 Å². The Morgan fingerprint density at radius 1 is 1.48 bits per heavy atom. The van der Waals surface area contributed by atoms with Gasteiger partial charge in [-0.15, -0.1) is 0 Å². The summed E-state index contributed by atoms with van der Waals surface area (Å²) in [6, 6.07) is 0.567. The third kappa shape index (κ3) is 4.31. The van der Waals surface area contributed by atoms with Gasteiger partial charge < -0.3 is 25.5 Å². The lowest BCUT2D eigenvalue weighted by molar-refractivity contribution is -0.139. The van der Waals surface area contributed by atoms with E-state index in [4.69, 9.17) is 10.5 Å². The highest BCUT2D eigenvalue weighted by molar-refractivity contribution is 5.81. The van der Waals surface area contributed by atoms with Crippen molar-refractivity contribution in [3.63, 3.8) is 0 Å². The minimum Gasteiger partial charge on any atom is -0.480 e. The van der Waals surface area contributed by atoms with Crippen molar-refractivity contribution < 1.29 is 19.4 Å². The van der Waals surface area contributed by atoms with E-state index < -0.39 is 23.7 Å². The van der Waals surface area contributed by atoms with E-state index in [0.717, 1.165) is 5.39 Å². The summed E-state index contributed by atoms with van der Waals surface area (Å²) in [5.74, 6) is -1.09. The van der Waals surface area contributed by atoms with Gasteiger partial charge in [0.15, 0.2) is 0 Å². The first kappa shape index (κ1) is 16.5. The van der Waals surface area contributed by atoms with Gasteiger partial charge in [0.05, 0.1) is 6.54 Å². The van der Waals surface area contributed by atoms with E-state index in [1.807, 2.05) is 0 Å². The fraction of sp³-hybridized carbons (Fsp3) is 0.429. The molecule has 0 spiro atoms. The number of ether oxygens (including phenoxy) is 1. The van der Waals surface area contributed by atoms with Crippen LogP contribution in [0.15, 0.2) is 18.5 Å². The highest BCUT2D eigenvalue weighted by Crippen LogP contribution is 2.14. The second kappa shape index (κ2) is 6.11. The Bertz CT molecular complexity index is 734. The number of carbonyl (C=O) groups excluding carboxylic acids is 1. The quantitative estimate of drug-likeness (QED) is 0.764. The molecule has 9 nitrogen and oxygen atoms in total. The fourth-order valence-electron chi connectivity index (χ4n) is 1.96. The molecule has 0 aliphatic rings. The first-order valence-electron chi connectivity index (χ1n) is 6.95. The van der Waals surface area contributed by atoms with Crippen LogP contribution in [0.25, 0.3) is 11.0 Å². The summed E-state index contributed by atoms with van der Waals surface area (Å²) in [6.45, 7) is 5.07. The summed E-state index contributed by atoms with van der Waals surface area (Å²) < 4.78 is 6.66. The van der Waals surface area contributed by atoms with E-state index >= 15 is 0 Å². The molecule has 9 heteroatoms. The molecule has 1 amide bonds. The van der Waals surface area contributed by atoms with Crippen LogP contribution in [0.5, 0.6) is 0 Å². The van der Waals surface area contributed by atoms with Crippen molar-refractivity contribution in [3.05, 3.63) is 18.5 Å². The Morgan fingerprint density at radius 3 is 2.78 bits per heavy atom. The SMILES string of the molecule is CC(C)(C)OC(=O)NC(Cn1ccc2cnc(N)nc21)C(=O)O. The summed E-state index contributed by atoms with van der Waals surface area (Å²) in [5.41, 5.74) is 5.33. The Balaban J connectivity index is 2.17. The predicted molar refractivity (Wildman–Crippen MR) is 82.7 cm³/mol. The molecule has 0 aliphatic carbocycles. The van der Waals surface area contributed by atoms with Crippen LogP contribution in [0.2, 0.25) is 0 Å². The Kier molecular flexibility index (Phi) is 4.39. The summed E-state index contributed by atoms with van der Waals surface area (Å²) in [5, 5.41) is 12.4. The van der Waals surface area contributed by atoms with Crippen molar-refractivity contribution in [1.82, 2.24) is 19.9 Å². The lowest BCUT2D eigenvalue weighted by Crippen LogP contribution is -2.45. The van der Waals surface area contributed by atoms with Crippen LogP contribution in [0.4, 0.5) is 10.7 Å². The molecule has 0 bridgehead atoms. The van der Waals surface area contributed by atoms with Crippen LogP contribution in [0.1, 0.15) is 20.8 Å². The van der Waals surface area contributed by atoms with Gasteiger partial charge in [0.1, 0.15) is 17.3 Å². The number of carboxylic acid groups (broad SMARTS) is 1. The number of hydrogen-bond acceptors (Lipinski definition) is 6. The maximum Gasteiger partial charge on any atom is 0.408 e. The first-order chi connectivity index (χ1) is 10.7.